The van der Waals surface area contributed by atoms with Gasteiger partial charge in [-0.05, 0) is 37.0 Å². The van der Waals surface area contributed by atoms with Crippen molar-refractivity contribution in [3.05, 3.63) is 71.4 Å². The summed E-state index contributed by atoms with van der Waals surface area (Å²) in [6.07, 6.45) is 5.44. The SMILES string of the molecule is Cc1ccc([C@]2(c3c[nH]c4ccccc34)CCCC(=O)C2)cc1. The molecule has 2 nitrogen and oxygen atoms in total. The van der Waals surface area contributed by atoms with Crippen molar-refractivity contribution in [1.29, 1.82) is 0 Å². The Balaban J connectivity index is 1.95. The molecule has 1 heterocycles. The first kappa shape index (κ1) is 14.3. The lowest BCUT2D eigenvalue weighted by atomic mass is 9.65. The molecule has 0 radical (unpaired) electrons. The minimum Gasteiger partial charge on any atom is -0.361 e. The van der Waals surface area contributed by atoms with Crippen molar-refractivity contribution in [1.82, 2.24) is 4.98 Å². The van der Waals surface area contributed by atoms with Gasteiger partial charge in [-0.3, -0.25) is 4.79 Å². The number of aryl methyl sites for hydroxylation is 1. The summed E-state index contributed by atoms with van der Waals surface area (Å²) in [7, 11) is 0. The van der Waals surface area contributed by atoms with Gasteiger partial charge < -0.3 is 4.98 Å². The number of carbonyl (C=O) groups is 1. The van der Waals surface area contributed by atoms with E-state index in [9.17, 15) is 4.79 Å². The van der Waals surface area contributed by atoms with Crippen LogP contribution in [-0.4, -0.2) is 10.8 Å². The third kappa shape index (κ3) is 2.29. The zero-order valence-corrected chi connectivity index (χ0v) is 13.4. The van der Waals surface area contributed by atoms with Crippen LogP contribution >= 0.6 is 0 Å². The summed E-state index contributed by atoms with van der Waals surface area (Å²) in [5.74, 6) is 0.377. The van der Waals surface area contributed by atoms with E-state index >= 15 is 0 Å². The van der Waals surface area contributed by atoms with E-state index in [1.807, 2.05) is 6.07 Å². The van der Waals surface area contributed by atoms with Crippen LogP contribution in [0.15, 0.2) is 54.7 Å². The summed E-state index contributed by atoms with van der Waals surface area (Å²) in [5.41, 5.74) is 4.74. The van der Waals surface area contributed by atoms with Crippen LogP contribution in [0.1, 0.15) is 42.4 Å². The normalized spacial score (nSPS) is 21.7. The third-order valence-electron chi connectivity index (χ3n) is 5.27. The molecule has 1 saturated carbocycles. The van der Waals surface area contributed by atoms with Crippen LogP contribution in [0.4, 0.5) is 0 Å². The van der Waals surface area contributed by atoms with Gasteiger partial charge in [0, 0.05) is 35.4 Å². The van der Waals surface area contributed by atoms with Gasteiger partial charge in [-0.15, -0.1) is 0 Å². The number of fused-ring (bicyclic) bond motifs is 1. The quantitative estimate of drug-likeness (QED) is 0.717. The molecule has 0 unspecified atom stereocenters. The van der Waals surface area contributed by atoms with E-state index in [0.29, 0.717) is 12.2 Å². The zero-order chi connectivity index (χ0) is 15.9. The first-order valence-electron chi connectivity index (χ1n) is 8.34. The summed E-state index contributed by atoms with van der Waals surface area (Å²) in [6.45, 7) is 2.11. The van der Waals surface area contributed by atoms with E-state index in [2.05, 4.69) is 60.6 Å². The fraction of sp³-hybridized carbons (Fsp3) is 0.286. The minimum absolute atomic E-state index is 0.192. The van der Waals surface area contributed by atoms with E-state index in [1.54, 1.807) is 0 Å². The van der Waals surface area contributed by atoms with Crippen molar-refractivity contribution in [2.45, 2.75) is 38.0 Å². The summed E-state index contributed by atoms with van der Waals surface area (Å²) in [5, 5.41) is 1.24. The summed E-state index contributed by atoms with van der Waals surface area (Å²) >= 11 is 0. The average molecular weight is 303 g/mol. The van der Waals surface area contributed by atoms with Crippen LogP contribution in [0.25, 0.3) is 10.9 Å². The number of carbonyl (C=O) groups excluding carboxylic acids is 1. The lowest BCUT2D eigenvalue weighted by Crippen LogP contribution is -2.34. The number of para-hydroxylation sites is 1. The third-order valence-corrected chi connectivity index (χ3v) is 5.27. The van der Waals surface area contributed by atoms with Crippen LogP contribution in [-0.2, 0) is 10.2 Å². The van der Waals surface area contributed by atoms with Gasteiger partial charge in [-0.2, -0.15) is 0 Å². The molecule has 3 aromatic rings. The van der Waals surface area contributed by atoms with E-state index in [-0.39, 0.29) is 5.41 Å². The Morgan fingerprint density at radius 2 is 1.83 bits per heavy atom. The van der Waals surface area contributed by atoms with Gasteiger partial charge in [0.05, 0.1) is 0 Å². The average Bonchev–Trinajstić information content (AvgIpc) is 3.00. The summed E-state index contributed by atoms with van der Waals surface area (Å²) < 4.78 is 0. The predicted octanol–water partition coefficient (Wildman–Crippen LogP) is 4.91. The van der Waals surface area contributed by atoms with Gasteiger partial charge in [0.2, 0.25) is 0 Å². The fourth-order valence-electron chi connectivity index (χ4n) is 4.07. The molecule has 0 bridgehead atoms. The predicted molar refractivity (Wildman–Crippen MR) is 93.7 cm³/mol. The smallest absolute Gasteiger partial charge is 0.134 e. The Hall–Kier alpha value is -2.35. The molecule has 1 fully saturated rings. The topological polar surface area (TPSA) is 32.9 Å². The molecule has 0 amide bonds. The number of hydrogen-bond acceptors (Lipinski definition) is 1. The van der Waals surface area contributed by atoms with Gasteiger partial charge in [0.1, 0.15) is 5.78 Å². The van der Waals surface area contributed by atoms with Crippen molar-refractivity contribution in [3.8, 4) is 0 Å². The molecule has 1 aliphatic carbocycles. The highest BCUT2D eigenvalue weighted by Crippen LogP contribution is 2.46. The maximum absolute atomic E-state index is 12.3. The van der Waals surface area contributed by atoms with E-state index in [0.717, 1.165) is 24.8 Å². The second-order valence-electron chi connectivity index (χ2n) is 6.77. The Morgan fingerprint density at radius 1 is 1.04 bits per heavy atom. The molecule has 2 heteroatoms. The van der Waals surface area contributed by atoms with Crippen LogP contribution in [0, 0.1) is 6.92 Å². The molecule has 1 atom stereocenters. The molecule has 0 aliphatic heterocycles. The van der Waals surface area contributed by atoms with Crippen molar-refractivity contribution in [2.24, 2.45) is 0 Å². The number of ketones is 1. The fourth-order valence-corrected chi connectivity index (χ4v) is 4.07. The molecule has 1 aromatic heterocycles. The maximum Gasteiger partial charge on any atom is 0.134 e. The van der Waals surface area contributed by atoms with Gasteiger partial charge in [-0.25, -0.2) is 0 Å². The molecule has 4 rings (SSSR count). The number of Topliss-reactive ketones (excluding diaryl/α,β-unsaturated/α-hetero) is 1. The molecular formula is C21H21NO. The van der Waals surface area contributed by atoms with Crippen LogP contribution in [0.2, 0.25) is 0 Å². The number of aromatic amines is 1. The molecule has 0 spiro atoms. The van der Waals surface area contributed by atoms with Gasteiger partial charge in [-0.1, -0.05) is 48.0 Å². The van der Waals surface area contributed by atoms with Gasteiger partial charge in [0.15, 0.2) is 0 Å². The number of benzene rings is 2. The van der Waals surface area contributed by atoms with Crippen LogP contribution in [0.5, 0.6) is 0 Å². The first-order valence-corrected chi connectivity index (χ1v) is 8.34. The largest absolute Gasteiger partial charge is 0.361 e. The molecule has 23 heavy (non-hydrogen) atoms. The number of H-pyrrole nitrogens is 1. The Bertz CT molecular complexity index is 859. The molecule has 116 valence electrons. The Labute approximate surface area is 136 Å². The zero-order valence-electron chi connectivity index (χ0n) is 13.4. The van der Waals surface area contributed by atoms with Crippen molar-refractivity contribution < 1.29 is 4.79 Å². The highest BCUT2D eigenvalue weighted by molar-refractivity contribution is 5.88. The first-order chi connectivity index (χ1) is 11.2. The van der Waals surface area contributed by atoms with Crippen molar-refractivity contribution in [2.75, 3.05) is 0 Å². The lowest BCUT2D eigenvalue weighted by Gasteiger charge is -2.37. The van der Waals surface area contributed by atoms with Crippen molar-refractivity contribution in [3.63, 3.8) is 0 Å². The van der Waals surface area contributed by atoms with Crippen molar-refractivity contribution >= 4 is 16.7 Å². The van der Waals surface area contributed by atoms with E-state index in [1.165, 1.54) is 22.1 Å². The molecule has 1 N–H and O–H groups in total. The number of aromatic nitrogens is 1. The number of rotatable bonds is 2. The van der Waals surface area contributed by atoms with Gasteiger partial charge in [0.25, 0.3) is 0 Å². The monoisotopic (exact) mass is 303 g/mol. The second-order valence-corrected chi connectivity index (χ2v) is 6.77. The van der Waals surface area contributed by atoms with Crippen LogP contribution in [0.3, 0.4) is 0 Å². The molecule has 0 saturated heterocycles. The number of nitrogens with one attached hydrogen (secondary N) is 1. The van der Waals surface area contributed by atoms with Crippen LogP contribution < -0.4 is 0 Å². The molecular weight excluding hydrogens is 282 g/mol. The highest BCUT2D eigenvalue weighted by Gasteiger charge is 2.40. The molecule has 1 aliphatic rings. The van der Waals surface area contributed by atoms with E-state index in [4.69, 9.17) is 0 Å². The standard InChI is InChI=1S/C21H21NO/c1-15-8-10-16(11-9-15)21(12-4-5-17(23)13-21)19-14-22-20-7-3-2-6-18(19)20/h2-3,6-11,14,22H,4-5,12-13H2,1H3/t21-/m0/s1. The Morgan fingerprint density at radius 3 is 2.61 bits per heavy atom. The van der Waals surface area contributed by atoms with Gasteiger partial charge >= 0.3 is 0 Å². The Kier molecular flexibility index (Phi) is 3.33. The van der Waals surface area contributed by atoms with E-state index < -0.39 is 0 Å². The maximum atomic E-state index is 12.3. The summed E-state index contributed by atoms with van der Waals surface area (Å²) in [4.78, 5) is 15.7. The molecule has 2 aromatic carbocycles. The summed E-state index contributed by atoms with van der Waals surface area (Å²) in [6, 6.07) is 17.1. The number of hydrogen-bond donors (Lipinski definition) is 1. The minimum atomic E-state index is -0.192. The highest BCUT2D eigenvalue weighted by atomic mass is 16.1. The second kappa shape index (κ2) is 5.38. The lowest BCUT2D eigenvalue weighted by molar-refractivity contribution is -0.121.